The Labute approximate surface area is 121 Å². The van der Waals surface area contributed by atoms with Gasteiger partial charge in [-0.15, -0.1) is 13.2 Å². The van der Waals surface area contributed by atoms with E-state index in [1.165, 1.54) is 6.07 Å². The standard InChI is InChI=1S/C15H17F3O3/c1-9-12(20-11-4-5-11)6-7-13(19-8-10-2-3-10)14(9)21-15(16,17)18/h6-7,10-11H,2-5,8H2,1H3. The normalized spacial score (nSPS) is 18.5. The number of rotatable bonds is 6. The molecule has 0 aliphatic heterocycles. The van der Waals surface area contributed by atoms with Crippen LogP contribution in [0.3, 0.4) is 0 Å². The highest BCUT2D eigenvalue weighted by molar-refractivity contribution is 5.53. The third-order valence-electron chi connectivity index (χ3n) is 3.53. The second-order valence-electron chi connectivity index (χ2n) is 5.64. The molecule has 0 aromatic heterocycles. The minimum absolute atomic E-state index is 0.112. The van der Waals surface area contributed by atoms with Crippen LogP contribution >= 0.6 is 0 Å². The van der Waals surface area contributed by atoms with E-state index >= 15 is 0 Å². The third-order valence-corrected chi connectivity index (χ3v) is 3.53. The van der Waals surface area contributed by atoms with E-state index in [9.17, 15) is 13.2 Å². The van der Waals surface area contributed by atoms with Crippen LogP contribution in [-0.2, 0) is 0 Å². The van der Waals surface area contributed by atoms with Crippen LogP contribution in [0.2, 0.25) is 0 Å². The Morgan fingerprint density at radius 3 is 2.33 bits per heavy atom. The van der Waals surface area contributed by atoms with E-state index in [1.54, 1.807) is 13.0 Å². The molecule has 3 nitrogen and oxygen atoms in total. The number of hydrogen-bond donors (Lipinski definition) is 0. The van der Waals surface area contributed by atoms with E-state index in [4.69, 9.17) is 9.47 Å². The molecule has 0 atom stereocenters. The summed E-state index contributed by atoms with van der Waals surface area (Å²) < 4.78 is 53.0. The van der Waals surface area contributed by atoms with Crippen molar-refractivity contribution in [2.75, 3.05) is 6.61 Å². The van der Waals surface area contributed by atoms with Gasteiger partial charge in [0.2, 0.25) is 0 Å². The summed E-state index contributed by atoms with van der Waals surface area (Å²) in [6.45, 7) is 1.99. The third kappa shape index (κ3) is 3.95. The molecule has 116 valence electrons. The summed E-state index contributed by atoms with van der Waals surface area (Å²) in [5.74, 6) is 0.711. The molecule has 2 aliphatic carbocycles. The quantitative estimate of drug-likeness (QED) is 0.787. The van der Waals surface area contributed by atoms with Crippen molar-refractivity contribution in [2.45, 2.75) is 45.1 Å². The first-order valence-electron chi connectivity index (χ1n) is 7.11. The van der Waals surface area contributed by atoms with Crippen molar-refractivity contribution in [3.63, 3.8) is 0 Å². The molecule has 0 unspecified atom stereocenters. The zero-order chi connectivity index (χ0) is 15.0. The molecular formula is C15H17F3O3. The lowest BCUT2D eigenvalue weighted by molar-refractivity contribution is -0.275. The number of halogens is 3. The van der Waals surface area contributed by atoms with Gasteiger partial charge in [0.05, 0.1) is 12.7 Å². The van der Waals surface area contributed by atoms with Crippen molar-refractivity contribution in [1.82, 2.24) is 0 Å². The molecule has 1 aromatic carbocycles. The van der Waals surface area contributed by atoms with Gasteiger partial charge in [-0.1, -0.05) is 0 Å². The molecule has 2 aliphatic rings. The summed E-state index contributed by atoms with van der Waals surface area (Å²) >= 11 is 0. The topological polar surface area (TPSA) is 27.7 Å². The fraction of sp³-hybridized carbons (Fsp3) is 0.600. The largest absolute Gasteiger partial charge is 0.573 e. The molecular weight excluding hydrogens is 285 g/mol. The zero-order valence-electron chi connectivity index (χ0n) is 11.7. The van der Waals surface area contributed by atoms with Gasteiger partial charge in [0, 0.05) is 5.56 Å². The van der Waals surface area contributed by atoms with Crippen LogP contribution in [0.5, 0.6) is 17.2 Å². The van der Waals surface area contributed by atoms with Crippen molar-refractivity contribution in [3.8, 4) is 17.2 Å². The molecule has 0 saturated heterocycles. The summed E-state index contributed by atoms with van der Waals surface area (Å²) in [5, 5.41) is 0. The highest BCUT2D eigenvalue weighted by Crippen LogP contribution is 2.42. The van der Waals surface area contributed by atoms with E-state index in [0.717, 1.165) is 25.7 Å². The maximum absolute atomic E-state index is 12.6. The lowest BCUT2D eigenvalue weighted by atomic mass is 10.2. The Morgan fingerprint density at radius 1 is 1.10 bits per heavy atom. The van der Waals surface area contributed by atoms with E-state index in [-0.39, 0.29) is 17.6 Å². The summed E-state index contributed by atoms with van der Waals surface area (Å²) in [7, 11) is 0. The molecule has 0 bridgehead atoms. The van der Waals surface area contributed by atoms with Crippen molar-refractivity contribution in [3.05, 3.63) is 17.7 Å². The van der Waals surface area contributed by atoms with Gasteiger partial charge >= 0.3 is 6.36 Å². The van der Waals surface area contributed by atoms with Crippen LogP contribution in [0.1, 0.15) is 31.2 Å². The Bertz CT molecular complexity index is 520. The fourth-order valence-corrected chi connectivity index (χ4v) is 1.99. The SMILES string of the molecule is Cc1c(OC2CC2)ccc(OCC2CC2)c1OC(F)(F)F. The molecule has 0 amide bonds. The maximum Gasteiger partial charge on any atom is 0.573 e. The lowest BCUT2D eigenvalue weighted by Crippen LogP contribution is -2.19. The van der Waals surface area contributed by atoms with Crippen LogP contribution in [-0.4, -0.2) is 19.1 Å². The van der Waals surface area contributed by atoms with Crippen molar-refractivity contribution in [1.29, 1.82) is 0 Å². The second-order valence-corrected chi connectivity index (χ2v) is 5.64. The minimum atomic E-state index is -4.75. The first-order chi connectivity index (χ1) is 9.92. The predicted octanol–water partition coefficient (Wildman–Crippen LogP) is 4.22. The van der Waals surface area contributed by atoms with Crippen LogP contribution in [0.15, 0.2) is 12.1 Å². The molecule has 0 N–H and O–H groups in total. The van der Waals surface area contributed by atoms with Crippen LogP contribution in [0, 0.1) is 12.8 Å². The summed E-state index contributed by atoms with van der Waals surface area (Å²) in [6, 6.07) is 3.15. The highest BCUT2D eigenvalue weighted by Gasteiger charge is 2.35. The van der Waals surface area contributed by atoms with Crippen LogP contribution in [0.25, 0.3) is 0 Å². The second kappa shape index (κ2) is 5.31. The van der Waals surface area contributed by atoms with Crippen molar-refractivity contribution < 1.29 is 27.4 Å². The summed E-state index contributed by atoms with van der Waals surface area (Å²) in [5.41, 5.74) is 0.326. The van der Waals surface area contributed by atoms with E-state index < -0.39 is 6.36 Å². The maximum atomic E-state index is 12.6. The van der Waals surface area contributed by atoms with Crippen LogP contribution < -0.4 is 14.2 Å². The van der Waals surface area contributed by atoms with Gasteiger partial charge in [0.15, 0.2) is 11.5 Å². The van der Waals surface area contributed by atoms with Gasteiger partial charge in [-0.3, -0.25) is 0 Å². The Hall–Kier alpha value is -1.59. The number of ether oxygens (including phenoxy) is 3. The number of hydrogen-bond acceptors (Lipinski definition) is 3. The number of benzene rings is 1. The van der Waals surface area contributed by atoms with Crippen molar-refractivity contribution >= 4 is 0 Å². The summed E-state index contributed by atoms with van der Waals surface area (Å²) in [4.78, 5) is 0. The van der Waals surface area contributed by atoms with Gasteiger partial charge < -0.3 is 14.2 Å². The van der Waals surface area contributed by atoms with E-state index in [0.29, 0.717) is 23.8 Å². The molecule has 0 heterocycles. The Morgan fingerprint density at radius 2 is 1.76 bits per heavy atom. The average molecular weight is 302 g/mol. The summed E-state index contributed by atoms with van der Waals surface area (Å²) in [6.07, 6.45) is -0.625. The molecule has 6 heteroatoms. The molecule has 3 rings (SSSR count). The number of alkyl halides is 3. The zero-order valence-corrected chi connectivity index (χ0v) is 11.7. The molecule has 1 aromatic rings. The first-order valence-corrected chi connectivity index (χ1v) is 7.11. The minimum Gasteiger partial charge on any atom is -0.490 e. The van der Waals surface area contributed by atoms with Gasteiger partial charge in [-0.25, -0.2) is 0 Å². The average Bonchev–Trinajstić information content (AvgIpc) is 3.25. The first kappa shape index (κ1) is 14.4. The van der Waals surface area contributed by atoms with Crippen molar-refractivity contribution in [2.24, 2.45) is 5.92 Å². The Kier molecular flexibility index (Phi) is 3.63. The molecule has 21 heavy (non-hydrogen) atoms. The molecule has 0 radical (unpaired) electrons. The highest BCUT2D eigenvalue weighted by atomic mass is 19.4. The van der Waals surface area contributed by atoms with E-state index in [2.05, 4.69) is 4.74 Å². The smallest absolute Gasteiger partial charge is 0.490 e. The predicted molar refractivity (Wildman–Crippen MR) is 69.7 cm³/mol. The molecule has 2 saturated carbocycles. The van der Waals surface area contributed by atoms with Gasteiger partial charge in [0.1, 0.15) is 5.75 Å². The van der Waals surface area contributed by atoms with Gasteiger partial charge in [0.25, 0.3) is 0 Å². The van der Waals surface area contributed by atoms with Gasteiger partial charge in [-0.05, 0) is 50.7 Å². The molecule has 0 spiro atoms. The van der Waals surface area contributed by atoms with Crippen LogP contribution in [0.4, 0.5) is 13.2 Å². The van der Waals surface area contributed by atoms with Gasteiger partial charge in [-0.2, -0.15) is 0 Å². The lowest BCUT2D eigenvalue weighted by Gasteiger charge is -2.18. The fourth-order valence-electron chi connectivity index (χ4n) is 1.99. The Balaban J connectivity index is 1.83. The van der Waals surface area contributed by atoms with E-state index in [1.807, 2.05) is 0 Å². The monoisotopic (exact) mass is 302 g/mol. The molecule has 2 fully saturated rings.